The van der Waals surface area contributed by atoms with E-state index in [9.17, 15) is 8.42 Å². The molecule has 0 spiro atoms. The first-order chi connectivity index (χ1) is 11.1. The molecule has 2 aromatic rings. The van der Waals surface area contributed by atoms with Crippen LogP contribution in [-0.2, 0) is 9.84 Å². The van der Waals surface area contributed by atoms with Crippen LogP contribution in [0.5, 0.6) is 5.75 Å². The van der Waals surface area contributed by atoms with Crippen LogP contribution in [0.25, 0.3) is 16.3 Å². The molecular formula is C19H20O3S. The number of benzene rings is 2. The second kappa shape index (κ2) is 5.38. The first-order valence-corrected chi connectivity index (χ1v) is 9.70. The van der Waals surface area contributed by atoms with Crippen LogP contribution >= 0.6 is 0 Å². The largest absolute Gasteiger partial charge is 0.497 e. The monoisotopic (exact) mass is 328 g/mol. The lowest BCUT2D eigenvalue weighted by molar-refractivity contribution is 0.415. The van der Waals surface area contributed by atoms with Crippen LogP contribution in [-0.4, -0.2) is 26.0 Å². The van der Waals surface area contributed by atoms with Gasteiger partial charge in [0.05, 0.1) is 17.6 Å². The van der Waals surface area contributed by atoms with E-state index in [0.29, 0.717) is 6.42 Å². The Bertz CT molecular complexity index is 896. The van der Waals surface area contributed by atoms with E-state index in [1.807, 2.05) is 18.2 Å². The number of hydrogen-bond donors (Lipinski definition) is 0. The molecule has 2 aromatic carbocycles. The fraction of sp³-hybridized carbons (Fsp3) is 0.368. The summed E-state index contributed by atoms with van der Waals surface area (Å²) in [5.74, 6) is 0.850. The molecule has 0 amide bonds. The second-order valence-electron chi connectivity index (χ2n) is 6.50. The summed E-state index contributed by atoms with van der Waals surface area (Å²) in [4.78, 5) is 0. The van der Waals surface area contributed by atoms with Crippen molar-refractivity contribution in [3.63, 3.8) is 0 Å². The summed E-state index contributed by atoms with van der Waals surface area (Å²) in [6.45, 7) is 0. The Balaban J connectivity index is 1.76. The van der Waals surface area contributed by atoms with E-state index >= 15 is 0 Å². The maximum atomic E-state index is 12.4. The van der Waals surface area contributed by atoms with Gasteiger partial charge in [-0.3, -0.25) is 0 Å². The number of hydrogen-bond acceptors (Lipinski definition) is 3. The van der Waals surface area contributed by atoms with Gasteiger partial charge < -0.3 is 4.74 Å². The van der Waals surface area contributed by atoms with Gasteiger partial charge in [-0.1, -0.05) is 30.7 Å². The van der Waals surface area contributed by atoms with Crippen molar-refractivity contribution in [3.8, 4) is 5.75 Å². The lowest BCUT2D eigenvalue weighted by Crippen LogP contribution is -2.38. The predicted molar refractivity (Wildman–Crippen MR) is 93.4 cm³/mol. The molecule has 2 atom stereocenters. The van der Waals surface area contributed by atoms with Gasteiger partial charge in [-0.2, -0.15) is 0 Å². The Kier molecular flexibility index (Phi) is 3.45. The summed E-state index contributed by atoms with van der Waals surface area (Å²) < 4.78 is 30.1. The van der Waals surface area contributed by atoms with E-state index in [2.05, 4.69) is 24.3 Å². The van der Waals surface area contributed by atoms with Crippen molar-refractivity contribution >= 4 is 26.2 Å². The Morgan fingerprint density at radius 2 is 1.83 bits per heavy atom. The van der Waals surface area contributed by atoms with E-state index < -0.39 is 9.84 Å². The van der Waals surface area contributed by atoms with Crippen molar-refractivity contribution < 1.29 is 13.2 Å². The first kappa shape index (κ1) is 14.8. The summed E-state index contributed by atoms with van der Waals surface area (Å²) in [6, 6.07) is 12.4. The van der Waals surface area contributed by atoms with Crippen LogP contribution in [0.1, 0.15) is 31.2 Å². The Morgan fingerprint density at radius 1 is 1.04 bits per heavy atom. The van der Waals surface area contributed by atoms with Gasteiger partial charge in [0.25, 0.3) is 0 Å². The molecule has 2 aliphatic rings. The molecule has 0 N–H and O–H groups in total. The topological polar surface area (TPSA) is 43.4 Å². The van der Waals surface area contributed by atoms with Crippen molar-refractivity contribution in [2.45, 2.75) is 36.2 Å². The highest BCUT2D eigenvalue weighted by Crippen LogP contribution is 2.39. The summed E-state index contributed by atoms with van der Waals surface area (Å²) in [5.41, 5.74) is 2.33. The van der Waals surface area contributed by atoms with Crippen LogP contribution in [0.4, 0.5) is 0 Å². The van der Waals surface area contributed by atoms with Crippen molar-refractivity contribution in [2.24, 2.45) is 0 Å². The second-order valence-corrected chi connectivity index (χ2v) is 8.95. The average molecular weight is 328 g/mol. The van der Waals surface area contributed by atoms with Gasteiger partial charge >= 0.3 is 0 Å². The Hall–Kier alpha value is -1.81. The highest BCUT2D eigenvalue weighted by atomic mass is 32.2. The molecule has 2 bridgehead atoms. The third-order valence-electron chi connectivity index (χ3n) is 5.15. The average Bonchev–Trinajstić information content (AvgIpc) is 2.53. The molecule has 3 nitrogen and oxygen atoms in total. The fourth-order valence-electron chi connectivity index (χ4n) is 3.82. The highest BCUT2D eigenvalue weighted by Gasteiger charge is 2.40. The summed E-state index contributed by atoms with van der Waals surface area (Å²) in [7, 11) is -1.28. The van der Waals surface area contributed by atoms with Gasteiger partial charge in [-0.05, 0) is 59.4 Å². The van der Waals surface area contributed by atoms with E-state index in [4.69, 9.17) is 4.74 Å². The van der Waals surface area contributed by atoms with Crippen LogP contribution in [0.3, 0.4) is 0 Å². The minimum atomic E-state index is -2.95. The maximum Gasteiger partial charge on any atom is 0.159 e. The molecule has 2 aliphatic heterocycles. The Morgan fingerprint density at radius 3 is 2.61 bits per heavy atom. The molecule has 0 saturated carbocycles. The molecule has 120 valence electrons. The molecule has 2 unspecified atom stereocenters. The third-order valence-corrected chi connectivity index (χ3v) is 7.70. The van der Waals surface area contributed by atoms with E-state index in [-0.39, 0.29) is 10.5 Å². The number of allylic oxidation sites excluding steroid dienone is 1. The minimum absolute atomic E-state index is 0.187. The van der Waals surface area contributed by atoms with E-state index in [1.165, 1.54) is 5.57 Å². The van der Waals surface area contributed by atoms with Crippen molar-refractivity contribution in [1.82, 2.24) is 0 Å². The van der Waals surface area contributed by atoms with E-state index in [1.54, 1.807) is 7.11 Å². The first-order valence-electron chi connectivity index (χ1n) is 8.09. The number of methoxy groups -OCH3 is 1. The van der Waals surface area contributed by atoms with Gasteiger partial charge in [-0.25, -0.2) is 8.42 Å². The number of rotatable bonds is 2. The zero-order valence-electron chi connectivity index (χ0n) is 13.2. The number of sulfone groups is 1. The number of ether oxygens (including phenoxy) is 1. The third kappa shape index (κ3) is 2.45. The maximum absolute atomic E-state index is 12.4. The van der Waals surface area contributed by atoms with Crippen molar-refractivity contribution in [3.05, 3.63) is 48.0 Å². The summed E-state index contributed by atoms with van der Waals surface area (Å²) in [6.07, 6.45) is 5.25. The smallest absolute Gasteiger partial charge is 0.159 e. The van der Waals surface area contributed by atoms with Crippen LogP contribution in [0.15, 0.2) is 42.5 Å². The van der Waals surface area contributed by atoms with E-state index in [0.717, 1.165) is 41.3 Å². The van der Waals surface area contributed by atoms with Crippen LogP contribution in [0.2, 0.25) is 0 Å². The molecule has 0 aliphatic carbocycles. The molecule has 4 rings (SSSR count). The predicted octanol–water partition coefficient (Wildman–Crippen LogP) is 3.97. The Labute approximate surface area is 136 Å². The molecule has 1 saturated heterocycles. The molecule has 0 radical (unpaired) electrons. The normalized spacial score (nSPS) is 25.9. The van der Waals surface area contributed by atoms with Gasteiger partial charge in [0.1, 0.15) is 5.75 Å². The molecule has 4 heteroatoms. The summed E-state index contributed by atoms with van der Waals surface area (Å²) in [5, 5.41) is 1.82. The van der Waals surface area contributed by atoms with Crippen LogP contribution < -0.4 is 4.74 Å². The minimum Gasteiger partial charge on any atom is -0.497 e. The zero-order chi connectivity index (χ0) is 16.0. The van der Waals surface area contributed by atoms with Gasteiger partial charge in [0, 0.05) is 0 Å². The van der Waals surface area contributed by atoms with Gasteiger partial charge in [0.2, 0.25) is 0 Å². The fourth-order valence-corrected chi connectivity index (χ4v) is 6.07. The number of fused-ring (bicyclic) bond motifs is 3. The molecule has 1 fully saturated rings. The molecule has 2 heterocycles. The molecular weight excluding hydrogens is 308 g/mol. The lowest BCUT2D eigenvalue weighted by atomic mass is 9.92. The van der Waals surface area contributed by atoms with Crippen LogP contribution in [0, 0.1) is 0 Å². The lowest BCUT2D eigenvalue weighted by Gasteiger charge is -2.33. The summed E-state index contributed by atoms with van der Waals surface area (Å²) >= 11 is 0. The molecule has 23 heavy (non-hydrogen) atoms. The highest BCUT2D eigenvalue weighted by molar-refractivity contribution is 7.93. The van der Waals surface area contributed by atoms with Crippen molar-refractivity contribution in [1.29, 1.82) is 0 Å². The van der Waals surface area contributed by atoms with Crippen molar-refractivity contribution in [2.75, 3.05) is 7.11 Å². The SMILES string of the molecule is COc1ccc2cc(C3=CC4CCCC(C3)S4(=O)=O)ccc2c1. The van der Waals surface area contributed by atoms with Gasteiger partial charge in [0.15, 0.2) is 9.84 Å². The van der Waals surface area contributed by atoms with Gasteiger partial charge in [-0.15, -0.1) is 0 Å². The molecule has 0 aromatic heterocycles. The standard InChI is InChI=1S/C19H20O3S/c1-22-17-8-7-13-9-14(5-6-15(13)10-17)16-11-18-3-2-4-19(12-16)23(18,20)21/h5-11,18-19H,2-4,12H2,1H3. The quantitative estimate of drug-likeness (QED) is 0.838. The zero-order valence-corrected chi connectivity index (χ0v) is 14.0.